The van der Waals surface area contributed by atoms with Gasteiger partial charge in [0.1, 0.15) is 18.6 Å². The lowest BCUT2D eigenvalue weighted by atomic mass is 9.85. The first-order chi connectivity index (χ1) is 12.4. The number of hydrogen-bond acceptors (Lipinski definition) is 3. The van der Waals surface area contributed by atoms with E-state index in [-0.39, 0.29) is 0 Å². The summed E-state index contributed by atoms with van der Waals surface area (Å²) in [5.74, 6) is 0.727. The number of fused-ring (bicyclic) bond motifs is 1. The molecule has 0 N–H and O–H groups in total. The van der Waals surface area contributed by atoms with E-state index in [2.05, 4.69) is 8.86 Å². The number of benzene rings is 2. The number of carbonyl (C=O) groups is 2. The average Bonchev–Trinajstić information content (AvgIpc) is 2.80. The van der Waals surface area contributed by atoms with Crippen LogP contribution in [0, 0.1) is 6.92 Å². The average molecular weight is 367 g/mol. The third-order valence-electron chi connectivity index (χ3n) is 4.83. The van der Waals surface area contributed by atoms with Crippen LogP contribution in [0.15, 0.2) is 36.4 Å². The van der Waals surface area contributed by atoms with Gasteiger partial charge in [0.25, 0.3) is 0 Å². The van der Waals surface area contributed by atoms with Gasteiger partial charge in [0.05, 0.1) is 17.6 Å². The number of anilines is 1. The first kappa shape index (κ1) is 18.3. The lowest BCUT2D eigenvalue weighted by Gasteiger charge is -2.26. The van der Waals surface area contributed by atoms with Crippen molar-refractivity contribution >= 4 is 32.5 Å². The van der Waals surface area contributed by atoms with E-state index in [9.17, 15) is 9.59 Å². The number of aldehydes is 2. The fraction of sp³-hybridized carbons (Fsp3) is 0.286. The second kappa shape index (κ2) is 7.05. The topological polar surface area (TPSA) is 46.6 Å². The van der Waals surface area contributed by atoms with Gasteiger partial charge < -0.3 is 14.4 Å². The van der Waals surface area contributed by atoms with E-state index in [1.165, 1.54) is 0 Å². The number of hydrogen-bond donors (Lipinski definition) is 0. The second-order valence-corrected chi connectivity index (χ2v) is 7.50. The monoisotopic (exact) mass is 367 g/mol. The van der Waals surface area contributed by atoms with Crippen LogP contribution in [0.2, 0.25) is 0 Å². The predicted molar refractivity (Wildman–Crippen MR) is 107 cm³/mol. The largest absolute Gasteiger partial charge is 0.491 e. The van der Waals surface area contributed by atoms with Gasteiger partial charge in [-0.25, -0.2) is 0 Å². The molecule has 0 saturated heterocycles. The lowest BCUT2D eigenvalue weighted by Crippen LogP contribution is -2.32. The summed E-state index contributed by atoms with van der Waals surface area (Å²) in [7, 11) is 3.76. The number of ether oxygens (including phenoxy) is 1. The fourth-order valence-electron chi connectivity index (χ4n) is 3.11. The standard InChI is InChI=1S/C21H22NO3P/c1-14-5-4-6-18(17(14)12-23)22-9-10-25-19-11-15(21(2,3)13-24)7-8-16(19)20(22)26/h4-8,11-13,26H,9-10H2,1-3H3. The van der Waals surface area contributed by atoms with Crippen molar-refractivity contribution in [3.8, 4) is 5.75 Å². The molecule has 1 heterocycles. The van der Waals surface area contributed by atoms with Crippen molar-refractivity contribution in [2.24, 2.45) is 0 Å². The Bertz CT molecular complexity index is 889. The van der Waals surface area contributed by atoms with Crippen LogP contribution in [0.3, 0.4) is 0 Å². The minimum absolute atomic E-state index is 0.470. The maximum atomic E-state index is 11.6. The first-order valence-electron chi connectivity index (χ1n) is 8.54. The molecule has 0 bridgehead atoms. The van der Waals surface area contributed by atoms with Gasteiger partial charge in [0.15, 0.2) is 6.29 Å². The summed E-state index contributed by atoms with van der Waals surface area (Å²) < 4.78 is 5.96. The molecule has 2 aromatic carbocycles. The molecule has 0 spiro atoms. The van der Waals surface area contributed by atoms with E-state index in [1.807, 2.05) is 62.1 Å². The van der Waals surface area contributed by atoms with E-state index in [0.717, 1.165) is 46.1 Å². The SMILES string of the molecule is Cc1cccc(N2CCOc3cc(C(C)(C)C=O)ccc3C2=P)c1C=O. The molecule has 26 heavy (non-hydrogen) atoms. The van der Waals surface area contributed by atoms with Gasteiger partial charge in [-0.15, -0.1) is 0 Å². The van der Waals surface area contributed by atoms with Crippen LogP contribution in [0.1, 0.15) is 40.9 Å². The van der Waals surface area contributed by atoms with Crippen molar-refractivity contribution < 1.29 is 14.3 Å². The van der Waals surface area contributed by atoms with Crippen LogP contribution in [0.25, 0.3) is 0 Å². The highest BCUT2D eigenvalue weighted by Crippen LogP contribution is 2.33. The summed E-state index contributed by atoms with van der Waals surface area (Å²) in [6, 6.07) is 11.6. The zero-order valence-electron chi connectivity index (χ0n) is 15.2. The Labute approximate surface area is 156 Å². The highest BCUT2D eigenvalue weighted by molar-refractivity contribution is 7.22. The summed E-state index contributed by atoms with van der Waals surface area (Å²) in [5.41, 5.74) is 4.51. The van der Waals surface area contributed by atoms with Gasteiger partial charge in [-0.3, -0.25) is 4.79 Å². The summed E-state index contributed by atoms with van der Waals surface area (Å²) in [6.45, 7) is 6.76. The fourth-order valence-corrected chi connectivity index (χ4v) is 3.54. The molecule has 3 rings (SSSR count). The molecule has 2 aromatic rings. The van der Waals surface area contributed by atoms with Crippen LogP contribution in [0.4, 0.5) is 5.69 Å². The van der Waals surface area contributed by atoms with Crippen molar-refractivity contribution in [1.82, 2.24) is 0 Å². The van der Waals surface area contributed by atoms with Gasteiger partial charge in [-0.1, -0.05) is 27.1 Å². The Balaban J connectivity index is 2.06. The van der Waals surface area contributed by atoms with E-state index >= 15 is 0 Å². The van der Waals surface area contributed by atoms with Crippen LogP contribution in [-0.4, -0.2) is 31.1 Å². The third-order valence-corrected chi connectivity index (χ3v) is 5.37. The zero-order valence-corrected chi connectivity index (χ0v) is 16.2. The lowest BCUT2D eigenvalue weighted by molar-refractivity contribution is -0.111. The normalized spacial score (nSPS) is 14.3. The Kier molecular flexibility index (Phi) is 4.97. The van der Waals surface area contributed by atoms with Crippen molar-refractivity contribution in [2.75, 3.05) is 18.1 Å². The maximum absolute atomic E-state index is 11.6. The van der Waals surface area contributed by atoms with Crippen molar-refractivity contribution in [2.45, 2.75) is 26.2 Å². The molecule has 1 aliphatic rings. The van der Waals surface area contributed by atoms with Crippen molar-refractivity contribution in [1.29, 1.82) is 0 Å². The van der Waals surface area contributed by atoms with Gasteiger partial charge >= 0.3 is 0 Å². The first-order valence-corrected chi connectivity index (χ1v) is 9.04. The van der Waals surface area contributed by atoms with Gasteiger partial charge in [-0.05, 0) is 50.1 Å². The molecule has 0 saturated carbocycles. The minimum Gasteiger partial charge on any atom is -0.491 e. The van der Waals surface area contributed by atoms with Crippen LogP contribution < -0.4 is 9.64 Å². The summed E-state index contributed by atoms with van der Waals surface area (Å²) in [5, 5.41) is 0. The third kappa shape index (κ3) is 3.17. The molecule has 134 valence electrons. The quantitative estimate of drug-likeness (QED) is 0.609. The van der Waals surface area contributed by atoms with Crippen molar-refractivity contribution in [3.63, 3.8) is 0 Å². The molecule has 1 aliphatic heterocycles. The molecule has 0 aromatic heterocycles. The zero-order chi connectivity index (χ0) is 18.9. The number of rotatable bonds is 4. The summed E-state index contributed by atoms with van der Waals surface area (Å²) in [6.07, 6.45) is 1.84. The van der Waals surface area contributed by atoms with Gasteiger partial charge in [-0.2, -0.15) is 0 Å². The molecule has 4 nitrogen and oxygen atoms in total. The van der Waals surface area contributed by atoms with E-state index in [0.29, 0.717) is 18.7 Å². The Morgan fingerprint density at radius 3 is 2.65 bits per heavy atom. The number of nitrogens with zero attached hydrogens (tertiary/aromatic N) is 1. The van der Waals surface area contributed by atoms with Gasteiger partial charge in [0.2, 0.25) is 0 Å². The minimum atomic E-state index is -0.572. The van der Waals surface area contributed by atoms with E-state index in [4.69, 9.17) is 4.74 Å². The smallest absolute Gasteiger partial charge is 0.152 e. The summed E-state index contributed by atoms with van der Waals surface area (Å²) >= 11 is 0. The maximum Gasteiger partial charge on any atom is 0.152 e. The van der Waals surface area contributed by atoms with Crippen LogP contribution >= 0.6 is 8.86 Å². The van der Waals surface area contributed by atoms with Gasteiger partial charge in [0, 0.05) is 16.5 Å². The van der Waals surface area contributed by atoms with Crippen LogP contribution in [-0.2, 0) is 10.2 Å². The number of aryl methyl sites for hydroxylation is 1. The second-order valence-electron chi connectivity index (χ2n) is 7.02. The molecular formula is C21H22NO3P. The van der Waals surface area contributed by atoms with E-state index < -0.39 is 5.41 Å². The summed E-state index contributed by atoms with van der Waals surface area (Å²) in [4.78, 5) is 25.0. The molecule has 0 radical (unpaired) electrons. The Morgan fingerprint density at radius 1 is 1.19 bits per heavy atom. The number of carbonyl (C=O) groups excluding carboxylic acids is 2. The Morgan fingerprint density at radius 2 is 1.96 bits per heavy atom. The molecule has 0 amide bonds. The Hall–Kier alpha value is -2.45. The van der Waals surface area contributed by atoms with Crippen LogP contribution in [0.5, 0.6) is 5.75 Å². The molecule has 0 atom stereocenters. The highest BCUT2D eigenvalue weighted by atomic mass is 31.0. The molecule has 0 fully saturated rings. The molecule has 0 unspecified atom stereocenters. The molecule has 0 aliphatic carbocycles. The predicted octanol–water partition coefficient (Wildman–Crippen LogP) is 3.80. The molecule has 5 heteroatoms. The molecular weight excluding hydrogens is 345 g/mol. The van der Waals surface area contributed by atoms with E-state index in [1.54, 1.807) is 0 Å². The highest BCUT2D eigenvalue weighted by Gasteiger charge is 2.26. The van der Waals surface area contributed by atoms with Crippen molar-refractivity contribution in [3.05, 3.63) is 58.7 Å².